The van der Waals surface area contributed by atoms with Crippen LogP contribution in [0.5, 0.6) is 0 Å². The van der Waals surface area contributed by atoms with Crippen LogP contribution in [0, 0.1) is 6.92 Å². The van der Waals surface area contributed by atoms with Crippen LogP contribution in [0.2, 0.25) is 5.02 Å². The molecule has 0 spiro atoms. The predicted octanol–water partition coefficient (Wildman–Crippen LogP) is 4.74. The number of carbonyl (C=O) groups is 2. The highest BCUT2D eigenvalue weighted by atomic mass is 35.5. The normalized spacial score (nSPS) is 12.1. The molecule has 3 aromatic rings. The van der Waals surface area contributed by atoms with Gasteiger partial charge in [-0.3, -0.25) is 14.2 Å². The second-order valence-corrected chi connectivity index (χ2v) is 9.18. The lowest BCUT2D eigenvalue weighted by molar-refractivity contribution is -0.171. The molecule has 1 heterocycles. The molecular weight excluding hydrogens is 471 g/mol. The van der Waals surface area contributed by atoms with Crippen molar-refractivity contribution in [2.75, 3.05) is 0 Å². The first kappa shape index (κ1) is 25.4. The number of aryl methyl sites for hydroxylation is 1. The summed E-state index contributed by atoms with van der Waals surface area (Å²) < 4.78 is 40.1. The van der Waals surface area contributed by atoms with Crippen LogP contribution in [0.1, 0.15) is 31.4 Å². The number of benzene rings is 2. The Labute approximate surface area is 199 Å². The number of ketones is 2. The summed E-state index contributed by atoms with van der Waals surface area (Å²) in [5.74, 6) is -2.59. The molecule has 2 aromatic carbocycles. The van der Waals surface area contributed by atoms with Gasteiger partial charge < -0.3 is 0 Å². The standard InChI is InChI=1S/C24H23ClF3N3O3/c1-15-5-4-6-17(11-15)23(2,3)12-19(32)13-31-22(34)30(14-20(33)24(26,27)28)21(29-31)16-7-9-18(25)10-8-16/h4-11H,12-14H2,1-3H3. The van der Waals surface area contributed by atoms with Crippen LogP contribution in [-0.4, -0.2) is 32.1 Å². The van der Waals surface area contributed by atoms with Crippen molar-refractivity contribution in [2.24, 2.45) is 0 Å². The molecule has 0 unspecified atom stereocenters. The van der Waals surface area contributed by atoms with E-state index >= 15 is 0 Å². The van der Waals surface area contributed by atoms with Crippen molar-refractivity contribution in [3.8, 4) is 11.4 Å². The maximum Gasteiger partial charge on any atom is 0.451 e. The number of Topliss-reactive ketones (excluding diaryl/α,β-unsaturated/α-hetero) is 2. The van der Waals surface area contributed by atoms with Crippen LogP contribution in [0.3, 0.4) is 0 Å². The van der Waals surface area contributed by atoms with Crippen molar-refractivity contribution >= 4 is 23.2 Å². The molecule has 3 rings (SSSR count). The molecule has 0 saturated carbocycles. The number of halogens is 4. The summed E-state index contributed by atoms with van der Waals surface area (Å²) in [4.78, 5) is 37.3. The van der Waals surface area contributed by atoms with E-state index in [1.165, 1.54) is 24.3 Å². The first-order chi connectivity index (χ1) is 15.8. The van der Waals surface area contributed by atoms with Crippen LogP contribution in [0.25, 0.3) is 11.4 Å². The third kappa shape index (κ3) is 5.83. The van der Waals surface area contributed by atoms with Gasteiger partial charge in [0.1, 0.15) is 6.54 Å². The fourth-order valence-corrected chi connectivity index (χ4v) is 3.74. The van der Waals surface area contributed by atoms with Gasteiger partial charge in [-0.15, -0.1) is 5.10 Å². The summed E-state index contributed by atoms with van der Waals surface area (Å²) in [7, 11) is 0. The van der Waals surface area contributed by atoms with Gasteiger partial charge in [-0.1, -0.05) is 55.3 Å². The molecule has 6 nitrogen and oxygen atoms in total. The van der Waals surface area contributed by atoms with Gasteiger partial charge in [0.05, 0.1) is 6.54 Å². The number of aromatic nitrogens is 3. The van der Waals surface area contributed by atoms with Gasteiger partial charge in [-0.2, -0.15) is 13.2 Å². The fraction of sp³-hybridized carbons (Fsp3) is 0.333. The molecule has 0 aliphatic carbocycles. The van der Waals surface area contributed by atoms with E-state index in [-0.39, 0.29) is 23.6 Å². The van der Waals surface area contributed by atoms with Gasteiger partial charge in [-0.25, -0.2) is 9.48 Å². The fourth-order valence-electron chi connectivity index (χ4n) is 3.62. The summed E-state index contributed by atoms with van der Waals surface area (Å²) in [5, 5.41) is 4.46. The zero-order valence-corrected chi connectivity index (χ0v) is 19.6. The lowest BCUT2D eigenvalue weighted by Gasteiger charge is -2.24. The Bertz CT molecular complexity index is 1280. The number of hydrogen-bond donors (Lipinski definition) is 0. The van der Waals surface area contributed by atoms with E-state index in [1.54, 1.807) is 0 Å². The minimum Gasteiger partial charge on any atom is -0.298 e. The number of hydrogen-bond acceptors (Lipinski definition) is 4. The molecule has 0 N–H and O–H groups in total. The summed E-state index contributed by atoms with van der Waals surface area (Å²) in [6.45, 7) is 4.03. The molecule has 0 aliphatic heterocycles. The minimum atomic E-state index is -5.12. The molecule has 0 amide bonds. The molecule has 34 heavy (non-hydrogen) atoms. The number of alkyl halides is 3. The average molecular weight is 494 g/mol. The molecule has 10 heteroatoms. The highest BCUT2D eigenvalue weighted by Gasteiger charge is 2.39. The van der Waals surface area contributed by atoms with Crippen LogP contribution < -0.4 is 5.69 Å². The number of rotatable bonds is 8. The molecule has 0 atom stereocenters. The van der Waals surface area contributed by atoms with Crippen molar-refractivity contribution in [1.82, 2.24) is 14.3 Å². The second-order valence-electron chi connectivity index (χ2n) is 8.75. The van der Waals surface area contributed by atoms with E-state index in [1.807, 2.05) is 45.0 Å². The summed E-state index contributed by atoms with van der Waals surface area (Å²) in [6, 6.07) is 13.6. The second kappa shape index (κ2) is 9.58. The van der Waals surface area contributed by atoms with Gasteiger partial charge >= 0.3 is 11.9 Å². The summed E-state index contributed by atoms with van der Waals surface area (Å²) in [5.41, 5.74) is 0.735. The van der Waals surface area contributed by atoms with Gasteiger partial charge in [0, 0.05) is 17.0 Å². The Morgan fingerprint density at radius 3 is 2.26 bits per heavy atom. The van der Waals surface area contributed by atoms with Crippen LogP contribution in [0.15, 0.2) is 53.3 Å². The third-order valence-corrected chi connectivity index (χ3v) is 5.66. The van der Waals surface area contributed by atoms with Crippen molar-refractivity contribution in [1.29, 1.82) is 0 Å². The van der Waals surface area contributed by atoms with Gasteiger partial charge in [0.25, 0.3) is 5.78 Å². The monoisotopic (exact) mass is 493 g/mol. The van der Waals surface area contributed by atoms with Crippen LogP contribution >= 0.6 is 11.6 Å². The minimum absolute atomic E-state index is 0.0769. The smallest absolute Gasteiger partial charge is 0.298 e. The molecule has 0 bridgehead atoms. The zero-order chi connectivity index (χ0) is 25.3. The topological polar surface area (TPSA) is 74.0 Å². The predicted molar refractivity (Wildman–Crippen MR) is 122 cm³/mol. The first-order valence-corrected chi connectivity index (χ1v) is 10.8. The molecule has 0 radical (unpaired) electrons. The summed E-state index contributed by atoms with van der Waals surface area (Å²) >= 11 is 5.87. The third-order valence-electron chi connectivity index (χ3n) is 5.41. The van der Waals surface area contributed by atoms with Crippen molar-refractivity contribution < 1.29 is 22.8 Å². The largest absolute Gasteiger partial charge is 0.451 e. The van der Waals surface area contributed by atoms with E-state index in [2.05, 4.69) is 5.10 Å². The van der Waals surface area contributed by atoms with E-state index < -0.39 is 36.2 Å². The highest BCUT2D eigenvalue weighted by molar-refractivity contribution is 6.30. The van der Waals surface area contributed by atoms with Gasteiger partial charge in [0.2, 0.25) is 0 Å². The number of carbonyl (C=O) groups excluding carboxylic acids is 2. The van der Waals surface area contributed by atoms with E-state index in [9.17, 15) is 27.6 Å². The lowest BCUT2D eigenvalue weighted by atomic mass is 9.79. The van der Waals surface area contributed by atoms with E-state index in [0.717, 1.165) is 15.8 Å². The first-order valence-electron chi connectivity index (χ1n) is 10.4. The molecule has 180 valence electrons. The van der Waals surface area contributed by atoms with Crippen molar-refractivity contribution in [2.45, 2.75) is 51.9 Å². The van der Waals surface area contributed by atoms with E-state index in [0.29, 0.717) is 9.59 Å². The highest BCUT2D eigenvalue weighted by Crippen LogP contribution is 2.28. The summed E-state index contributed by atoms with van der Waals surface area (Å²) in [6.07, 6.45) is -5.04. The zero-order valence-electron chi connectivity index (χ0n) is 18.8. The maximum atomic E-state index is 12.9. The van der Waals surface area contributed by atoms with Crippen LogP contribution in [-0.2, 0) is 28.1 Å². The Morgan fingerprint density at radius 2 is 1.68 bits per heavy atom. The maximum absolute atomic E-state index is 12.9. The SMILES string of the molecule is Cc1cccc(C(C)(C)CC(=O)Cn2nc(-c3ccc(Cl)cc3)n(CC(=O)C(F)(F)F)c2=O)c1. The van der Waals surface area contributed by atoms with Crippen LogP contribution in [0.4, 0.5) is 13.2 Å². The Hall–Kier alpha value is -3.20. The molecular formula is C24H23ClF3N3O3. The van der Waals surface area contributed by atoms with Crippen molar-refractivity contribution in [3.63, 3.8) is 0 Å². The number of nitrogens with zero attached hydrogens (tertiary/aromatic N) is 3. The van der Waals surface area contributed by atoms with Gasteiger partial charge in [0.15, 0.2) is 11.6 Å². The molecule has 1 aromatic heterocycles. The Kier molecular flexibility index (Phi) is 7.16. The molecule has 0 fully saturated rings. The average Bonchev–Trinajstić information content (AvgIpc) is 3.03. The Balaban J connectivity index is 1.93. The Morgan fingerprint density at radius 1 is 1.03 bits per heavy atom. The van der Waals surface area contributed by atoms with Crippen molar-refractivity contribution in [3.05, 3.63) is 75.2 Å². The molecule has 0 saturated heterocycles. The quantitative estimate of drug-likeness (QED) is 0.454. The van der Waals surface area contributed by atoms with E-state index in [4.69, 9.17) is 11.6 Å². The molecule has 0 aliphatic rings. The van der Waals surface area contributed by atoms with Gasteiger partial charge in [-0.05, 0) is 42.2 Å². The lowest BCUT2D eigenvalue weighted by Crippen LogP contribution is -2.34.